The maximum absolute atomic E-state index is 9.00. The Labute approximate surface area is 82.2 Å². The molecule has 0 spiro atoms. The number of pyridine rings is 1. The second kappa shape index (κ2) is 3.74. The van der Waals surface area contributed by atoms with Gasteiger partial charge in [-0.1, -0.05) is 18.2 Å². The lowest BCUT2D eigenvalue weighted by Gasteiger charge is -2.10. The summed E-state index contributed by atoms with van der Waals surface area (Å²) in [6, 6.07) is 9.26. The number of benzene rings is 1. The zero-order valence-electron chi connectivity index (χ0n) is 7.72. The van der Waals surface area contributed by atoms with Crippen LogP contribution in [0.2, 0.25) is 0 Å². The number of nitrogens with two attached hydrogens (primary N) is 1. The normalized spacial score (nSPS) is 13.0. The van der Waals surface area contributed by atoms with Crippen molar-refractivity contribution in [3.05, 3.63) is 42.1 Å². The van der Waals surface area contributed by atoms with Crippen LogP contribution < -0.4 is 5.73 Å². The number of hydrogen-bond donors (Lipinski definition) is 2. The lowest BCUT2D eigenvalue weighted by Crippen LogP contribution is -2.14. The molecule has 0 aliphatic rings. The average molecular weight is 188 g/mol. The smallest absolute Gasteiger partial charge is 0.0705 e. The SMILES string of the molecule is NC(CO)c1cccc2ncccc12. The first-order valence-corrected chi connectivity index (χ1v) is 4.53. The molecule has 14 heavy (non-hydrogen) atoms. The number of aromatic nitrogens is 1. The van der Waals surface area contributed by atoms with E-state index in [1.807, 2.05) is 30.3 Å². The Bertz CT molecular complexity index is 437. The first-order valence-electron chi connectivity index (χ1n) is 4.53. The molecule has 0 saturated carbocycles. The number of hydrogen-bond acceptors (Lipinski definition) is 3. The van der Waals surface area contributed by atoms with Gasteiger partial charge in [-0.2, -0.15) is 0 Å². The monoisotopic (exact) mass is 188 g/mol. The average Bonchev–Trinajstić information content (AvgIpc) is 2.27. The summed E-state index contributed by atoms with van der Waals surface area (Å²) in [5.41, 5.74) is 7.64. The van der Waals surface area contributed by atoms with Crippen LogP contribution >= 0.6 is 0 Å². The number of fused-ring (bicyclic) bond motifs is 1. The van der Waals surface area contributed by atoms with Gasteiger partial charge in [0.1, 0.15) is 0 Å². The lowest BCUT2D eigenvalue weighted by atomic mass is 10.0. The predicted octanol–water partition coefficient (Wildman–Crippen LogP) is 1.23. The molecule has 1 atom stereocenters. The van der Waals surface area contributed by atoms with Crippen molar-refractivity contribution in [3.63, 3.8) is 0 Å². The fourth-order valence-corrected chi connectivity index (χ4v) is 1.55. The van der Waals surface area contributed by atoms with Crippen molar-refractivity contribution < 1.29 is 5.11 Å². The van der Waals surface area contributed by atoms with E-state index in [9.17, 15) is 0 Å². The summed E-state index contributed by atoms with van der Waals surface area (Å²) in [6.45, 7) is -0.0476. The maximum Gasteiger partial charge on any atom is 0.0705 e. The minimum atomic E-state index is -0.331. The molecule has 2 aromatic rings. The van der Waals surface area contributed by atoms with Crippen LogP contribution in [0.1, 0.15) is 11.6 Å². The van der Waals surface area contributed by atoms with Crippen LogP contribution in [-0.4, -0.2) is 16.7 Å². The van der Waals surface area contributed by atoms with Gasteiger partial charge in [-0.05, 0) is 17.7 Å². The van der Waals surface area contributed by atoms with Gasteiger partial charge in [-0.3, -0.25) is 4.98 Å². The van der Waals surface area contributed by atoms with Gasteiger partial charge in [-0.15, -0.1) is 0 Å². The third-order valence-electron chi connectivity index (χ3n) is 2.28. The summed E-state index contributed by atoms with van der Waals surface area (Å²) in [5.74, 6) is 0. The van der Waals surface area contributed by atoms with Gasteiger partial charge in [0, 0.05) is 11.6 Å². The molecular formula is C11H12N2O. The van der Waals surface area contributed by atoms with E-state index < -0.39 is 0 Å². The van der Waals surface area contributed by atoms with E-state index in [1.54, 1.807) is 6.20 Å². The summed E-state index contributed by atoms with van der Waals surface area (Å²) in [6.07, 6.45) is 1.75. The van der Waals surface area contributed by atoms with E-state index in [2.05, 4.69) is 4.98 Å². The molecule has 2 rings (SSSR count). The van der Waals surface area contributed by atoms with Gasteiger partial charge in [0.2, 0.25) is 0 Å². The van der Waals surface area contributed by atoms with Crippen LogP contribution in [0.5, 0.6) is 0 Å². The first-order chi connectivity index (χ1) is 6.83. The number of aliphatic hydroxyl groups excluding tert-OH is 1. The molecule has 0 bridgehead atoms. The molecule has 1 aromatic carbocycles. The molecule has 0 amide bonds. The van der Waals surface area contributed by atoms with Gasteiger partial charge in [0.05, 0.1) is 18.2 Å². The highest BCUT2D eigenvalue weighted by molar-refractivity contribution is 5.82. The van der Waals surface area contributed by atoms with E-state index >= 15 is 0 Å². The highest BCUT2D eigenvalue weighted by Crippen LogP contribution is 2.20. The van der Waals surface area contributed by atoms with Crippen LogP contribution in [-0.2, 0) is 0 Å². The minimum Gasteiger partial charge on any atom is -0.394 e. The highest BCUT2D eigenvalue weighted by atomic mass is 16.3. The summed E-state index contributed by atoms with van der Waals surface area (Å²) < 4.78 is 0. The molecule has 3 heteroatoms. The summed E-state index contributed by atoms with van der Waals surface area (Å²) >= 11 is 0. The molecule has 3 nitrogen and oxygen atoms in total. The number of nitrogens with zero attached hydrogens (tertiary/aromatic N) is 1. The van der Waals surface area contributed by atoms with E-state index in [0.717, 1.165) is 16.5 Å². The first kappa shape index (κ1) is 9.12. The Kier molecular flexibility index (Phi) is 2.43. The van der Waals surface area contributed by atoms with E-state index in [4.69, 9.17) is 10.8 Å². The topological polar surface area (TPSA) is 59.1 Å². The van der Waals surface area contributed by atoms with Crippen LogP contribution in [0.25, 0.3) is 10.9 Å². The molecule has 0 fully saturated rings. The predicted molar refractivity (Wildman–Crippen MR) is 55.8 cm³/mol. The number of aliphatic hydroxyl groups is 1. The third kappa shape index (κ3) is 1.47. The zero-order valence-corrected chi connectivity index (χ0v) is 7.72. The fourth-order valence-electron chi connectivity index (χ4n) is 1.55. The van der Waals surface area contributed by atoms with E-state index in [-0.39, 0.29) is 12.6 Å². The van der Waals surface area contributed by atoms with Crippen LogP contribution in [0, 0.1) is 0 Å². The Morgan fingerprint density at radius 3 is 2.93 bits per heavy atom. The minimum absolute atomic E-state index is 0.0476. The largest absolute Gasteiger partial charge is 0.394 e. The van der Waals surface area contributed by atoms with Gasteiger partial charge in [0.25, 0.3) is 0 Å². The third-order valence-corrected chi connectivity index (χ3v) is 2.28. The van der Waals surface area contributed by atoms with E-state index in [0.29, 0.717) is 0 Å². The van der Waals surface area contributed by atoms with Gasteiger partial charge in [0.15, 0.2) is 0 Å². The molecule has 1 aromatic heterocycles. The molecule has 0 aliphatic heterocycles. The second-order valence-electron chi connectivity index (χ2n) is 3.21. The van der Waals surface area contributed by atoms with Gasteiger partial charge >= 0.3 is 0 Å². The summed E-state index contributed by atoms with van der Waals surface area (Å²) in [5, 5.41) is 10.0. The zero-order chi connectivity index (χ0) is 9.97. The van der Waals surface area contributed by atoms with Crippen molar-refractivity contribution in [3.8, 4) is 0 Å². The van der Waals surface area contributed by atoms with Gasteiger partial charge in [-0.25, -0.2) is 0 Å². The molecule has 1 unspecified atom stereocenters. The van der Waals surface area contributed by atoms with Gasteiger partial charge < -0.3 is 10.8 Å². The molecule has 0 radical (unpaired) electrons. The molecule has 0 saturated heterocycles. The van der Waals surface area contributed by atoms with Crippen molar-refractivity contribution >= 4 is 10.9 Å². The molecule has 0 aliphatic carbocycles. The van der Waals surface area contributed by atoms with Crippen molar-refractivity contribution in [2.24, 2.45) is 5.73 Å². The summed E-state index contributed by atoms with van der Waals surface area (Å²) in [4.78, 5) is 4.22. The number of rotatable bonds is 2. The Morgan fingerprint density at radius 1 is 1.29 bits per heavy atom. The highest BCUT2D eigenvalue weighted by Gasteiger charge is 2.07. The Morgan fingerprint density at radius 2 is 2.14 bits per heavy atom. The Hall–Kier alpha value is -1.45. The summed E-state index contributed by atoms with van der Waals surface area (Å²) in [7, 11) is 0. The van der Waals surface area contributed by atoms with Crippen molar-refractivity contribution in [1.82, 2.24) is 4.98 Å². The van der Waals surface area contributed by atoms with Crippen LogP contribution in [0.15, 0.2) is 36.5 Å². The lowest BCUT2D eigenvalue weighted by molar-refractivity contribution is 0.268. The standard InChI is InChI=1S/C11H12N2O/c12-10(7-14)8-3-1-5-11-9(8)4-2-6-13-11/h1-6,10,14H,7,12H2. The second-order valence-corrected chi connectivity index (χ2v) is 3.21. The molecule has 3 N–H and O–H groups in total. The van der Waals surface area contributed by atoms with Crippen LogP contribution in [0.4, 0.5) is 0 Å². The van der Waals surface area contributed by atoms with E-state index in [1.165, 1.54) is 0 Å². The fraction of sp³-hybridized carbons (Fsp3) is 0.182. The molecule has 1 heterocycles. The van der Waals surface area contributed by atoms with Crippen LogP contribution in [0.3, 0.4) is 0 Å². The van der Waals surface area contributed by atoms with Crippen molar-refractivity contribution in [1.29, 1.82) is 0 Å². The molecular weight excluding hydrogens is 176 g/mol. The quantitative estimate of drug-likeness (QED) is 0.745. The van der Waals surface area contributed by atoms with Crippen molar-refractivity contribution in [2.45, 2.75) is 6.04 Å². The maximum atomic E-state index is 9.00. The Balaban J connectivity index is 2.65. The molecule has 72 valence electrons. The van der Waals surface area contributed by atoms with Crippen molar-refractivity contribution in [2.75, 3.05) is 6.61 Å².